The molecule has 0 radical (unpaired) electrons. The van der Waals surface area contributed by atoms with Crippen molar-refractivity contribution in [2.45, 2.75) is 65.1 Å². The van der Waals surface area contributed by atoms with Crippen LogP contribution in [0.3, 0.4) is 0 Å². The van der Waals surface area contributed by atoms with E-state index in [4.69, 9.17) is 30.6 Å². The molecule has 3 atom stereocenters. The third-order valence-corrected chi connectivity index (χ3v) is 15.1. The molecule has 2 unspecified atom stereocenters. The van der Waals surface area contributed by atoms with E-state index in [9.17, 15) is 24.6 Å². The average Bonchev–Trinajstić information content (AvgIpc) is 4.18. The van der Waals surface area contributed by atoms with Gasteiger partial charge in [0.1, 0.15) is 47.2 Å². The summed E-state index contributed by atoms with van der Waals surface area (Å²) in [4.78, 5) is 61.0. The fourth-order valence-electron chi connectivity index (χ4n) is 9.84. The molecule has 0 bridgehead atoms. The van der Waals surface area contributed by atoms with Crippen LogP contribution < -0.4 is 25.6 Å². The fourth-order valence-corrected chi connectivity index (χ4v) is 10.9. The molecule has 2 saturated heterocycles. The van der Waals surface area contributed by atoms with Crippen LogP contribution in [0.25, 0.3) is 43.2 Å². The number of nitrogens with zero attached hydrogens (tertiary/aromatic N) is 7. The van der Waals surface area contributed by atoms with Gasteiger partial charge in [-0.15, -0.1) is 11.3 Å². The molecule has 400 valence electrons. The van der Waals surface area contributed by atoms with Crippen molar-refractivity contribution in [3.8, 4) is 33.1 Å². The zero-order chi connectivity index (χ0) is 53.6. The van der Waals surface area contributed by atoms with Gasteiger partial charge in [0.2, 0.25) is 23.7 Å². The lowest BCUT2D eigenvalue weighted by Gasteiger charge is -2.29. The molecule has 2 fully saturated rings. The highest BCUT2D eigenvalue weighted by Gasteiger charge is 2.43. The standard InChI is InChI=1S/C55H62ClFN10O8S/c1-31(2)47(45-22-32(3)64-75-45)54(72)67-29-38(69)26-43(67)53(71)60-28-36-11-10-35(51-33(4)61-30-76-51)24-44(36)74-21-20-73-19-18-65(5)46(70)12-13-59-55-62-50-41(52(63-55)66-16-14-58-15-17-66)27-42(56)48(49(50)57)40-25-37(68)23-34-8-6-7-9-39(34)40/h6-11,22-25,27,30-31,38,43,47,58,68-69H,12-21,26,28-29H2,1-5H3,(H,60,71)(H,59,62,63)/t38?,43?,47-/m1/s1. The van der Waals surface area contributed by atoms with Crippen molar-refractivity contribution in [2.24, 2.45) is 5.92 Å². The summed E-state index contributed by atoms with van der Waals surface area (Å²) in [5, 5.41) is 36.8. The number of aromatic nitrogens is 4. The number of phenolic OH excluding ortho intramolecular Hbond substituents is 1. The van der Waals surface area contributed by atoms with Crippen LogP contribution >= 0.6 is 22.9 Å². The second kappa shape index (κ2) is 23.9. The number of halogens is 2. The molecule has 76 heavy (non-hydrogen) atoms. The number of aryl methyl sites for hydroxylation is 2. The maximum absolute atomic E-state index is 16.9. The number of carbonyl (C=O) groups excluding carboxylic acids is 3. The lowest BCUT2D eigenvalue weighted by molar-refractivity contribution is -0.141. The molecule has 7 aromatic rings. The SMILES string of the molecule is Cc1cc([C@H](C(=O)N2CC(O)CC2C(=O)NCc2ccc(-c3scnc3C)cc2OCCOCCN(C)C(=O)CCNc2nc(N3CCNCC3)c3cc(Cl)c(-c4cc(O)cc5ccccc45)c(F)c3n2)C(C)C)on1. The smallest absolute Gasteiger partial charge is 0.243 e. The Hall–Kier alpha value is -6.97. The number of anilines is 2. The predicted molar refractivity (Wildman–Crippen MR) is 290 cm³/mol. The number of carbonyl (C=O) groups is 3. The van der Waals surface area contributed by atoms with Gasteiger partial charge in [-0.3, -0.25) is 14.4 Å². The minimum atomic E-state index is -0.888. The third kappa shape index (κ3) is 12.0. The van der Waals surface area contributed by atoms with Crippen molar-refractivity contribution < 1.29 is 43.0 Å². The van der Waals surface area contributed by atoms with Crippen molar-refractivity contribution in [1.82, 2.24) is 40.5 Å². The number of nitrogens with one attached hydrogen (secondary N) is 3. The minimum Gasteiger partial charge on any atom is -0.508 e. The number of rotatable bonds is 20. The summed E-state index contributed by atoms with van der Waals surface area (Å²) in [7, 11) is 1.69. The molecule has 0 spiro atoms. The van der Waals surface area contributed by atoms with Gasteiger partial charge in [0.05, 0.1) is 46.1 Å². The summed E-state index contributed by atoms with van der Waals surface area (Å²) in [6.07, 6.45) is -0.670. The Kier molecular flexibility index (Phi) is 16.9. The Morgan fingerprint density at radius 3 is 2.58 bits per heavy atom. The van der Waals surface area contributed by atoms with Crippen LogP contribution in [0.4, 0.5) is 16.2 Å². The van der Waals surface area contributed by atoms with Gasteiger partial charge in [0.25, 0.3) is 0 Å². The van der Waals surface area contributed by atoms with Gasteiger partial charge < -0.3 is 54.9 Å². The number of amides is 3. The number of ether oxygens (including phenoxy) is 2. The maximum Gasteiger partial charge on any atom is 0.243 e. The summed E-state index contributed by atoms with van der Waals surface area (Å²) in [6.45, 7) is 11.4. The van der Waals surface area contributed by atoms with Crippen LogP contribution in [0.1, 0.15) is 55.3 Å². The number of thiazole rings is 1. The highest BCUT2D eigenvalue weighted by Crippen LogP contribution is 2.43. The second-order valence-corrected chi connectivity index (χ2v) is 20.8. The van der Waals surface area contributed by atoms with Gasteiger partial charge in [-0.1, -0.05) is 67.0 Å². The van der Waals surface area contributed by atoms with Crippen molar-refractivity contribution in [3.63, 3.8) is 0 Å². The van der Waals surface area contributed by atoms with Crippen LogP contribution in [0.2, 0.25) is 5.02 Å². The number of aromatic hydroxyl groups is 1. The lowest BCUT2D eigenvalue weighted by atomic mass is 9.91. The quantitative estimate of drug-likeness (QED) is 0.0468. The normalized spacial score (nSPS) is 16.2. The number of aliphatic hydroxyl groups excluding tert-OH is 1. The van der Waals surface area contributed by atoms with Crippen LogP contribution in [0.15, 0.2) is 76.8 Å². The van der Waals surface area contributed by atoms with Gasteiger partial charge in [0.15, 0.2) is 5.82 Å². The first kappa shape index (κ1) is 53.8. The van der Waals surface area contributed by atoms with Gasteiger partial charge in [0, 0.05) is 94.8 Å². The third-order valence-electron chi connectivity index (χ3n) is 13.8. The zero-order valence-corrected chi connectivity index (χ0v) is 44.6. The molecule has 21 heteroatoms. The number of β-amino-alcohol motifs (C(OH)–C–C–N with tert-alkyl or cyclic N) is 1. The topological polar surface area (TPSA) is 221 Å². The van der Waals surface area contributed by atoms with Crippen LogP contribution in [-0.2, 0) is 25.7 Å². The van der Waals surface area contributed by atoms with E-state index in [1.807, 2.05) is 63.2 Å². The van der Waals surface area contributed by atoms with E-state index in [1.165, 1.54) is 22.3 Å². The summed E-state index contributed by atoms with van der Waals surface area (Å²) in [5.74, 6) is -0.717. The van der Waals surface area contributed by atoms with Gasteiger partial charge in [-0.2, -0.15) is 4.98 Å². The van der Waals surface area contributed by atoms with Gasteiger partial charge in [-0.25, -0.2) is 14.4 Å². The van der Waals surface area contributed by atoms with E-state index in [2.05, 4.69) is 36.0 Å². The van der Waals surface area contributed by atoms with E-state index >= 15 is 4.39 Å². The number of hydrogen-bond acceptors (Lipinski definition) is 16. The Bertz CT molecular complexity index is 3240. The summed E-state index contributed by atoms with van der Waals surface area (Å²) in [6, 6.07) is 18.8. The number of fused-ring (bicyclic) bond motifs is 2. The van der Waals surface area contributed by atoms with Crippen LogP contribution in [0.5, 0.6) is 11.5 Å². The summed E-state index contributed by atoms with van der Waals surface area (Å²) in [5.41, 5.74) is 5.50. The largest absolute Gasteiger partial charge is 0.508 e. The highest BCUT2D eigenvalue weighted by molar-refractivity contribution is 7.13. The average molecular weight is 1080 g/mol. The molecule has 9 rings (SSSR count). The molecule has 5 heterocycles. The maximum atomic E-state index is 16.9. The molecular weight excluding hydrogens is 1020 g/mol. The number of hydrogen-bond donors (Lipinski definition) is 5. The number of likely N-dealkylation sites (N-methyl/N-ethyl adjacent to an activating group) is 1. The zero-order valence-electron chi connectivity index (χ0n) is 43.1. The Morgan fingerprint density at radius 1 is 1.03 bits per heavy atom. The Balaban J connectivity index is 0.799. The van der Waals surface area contributed by atoms with E-state index in [-0.39, 0.29) is 97.8 Å². The lowest BCUT2D eigenvalue weighted by Crippen LogP contribution is -2.48. The molecule has 2 aliphatic heterocycles. The summed E-state index contributed by atoms with van der Waals surface area (Å²) >= 11 is 8.38. The first-order valence-electron chi connectivity index (χ1n) is 25.4. The molecule has 3 aromatic heterocycles. The molecular formula is C55H62ClFN10O8S. The molecule has 4 aromatic carbocycles. The second-order valence-electron chi connectivity index (χ2n) is 19.5. The Labute approximate surface area is 448 Å². The monoisotopic (exact) mass is 1080 g/mol. The Morgan fingerprint density at radius 2 is 1.83 bits per heavy atom. The number of benzene rings is 4. The molecule has 18 nitrogen and oxygen atoms in total. The molecule has 3 amide bonds. The van der Waals surface area contributed by atoms with Crippen LogP contribution in [0, 0.1) is 25.6 Å². The summed E-state index contributed by atoms with van der Waals surface area (Å²) < 4.78 is 34.6. The minimum absolute atomic E-state index is 0.0230. The van der Waals surface area contributed by atoms with Crippen molar-refractivity contribution in [2.75, 3.05) is 82.9 Å². The molecule has 0 saturated carbocycles. The van der Waals surface area contributed by atoms with E-state index in [0.717, 1.165) is 26.9 Å². The highest BCUT2D eigenvalue weighted by atomic mass is 35.5. The fraction of sp³-hybridized carbons (Fsp3) is 0.400. The number of likely N-dealkylation sites (tertiary alicyclic amines) is 1. The van der Waals surface area contributed by atoms with Crippen molar-refractivity contribution >= 4 is 74.1 Å². The van der Waals surface area contributed by atoms with E-state index in [0.29, 0.717) is 72.3 Å². The number of aliphatic hydroxyl groups is 1. The van der Waals surface area contributed by atoms with Gasteiger partial charge >= 0.3 is 0 Å². The van der Waals surface area contributed by atoms with Crippen molar-refractivity contribution in [3.05, 3.63) is 106 Å². The van der Waals surface area contributed by atoms with E-state index < -0.39 is 29.8 Å². The molecule has 2 aliphatic rings. The number of piperazine rings is 1. The van der Waals surface area contributed by atoms with Crippen LogP contribution in [-0.4, -0.2) is 143 Å². The molecule has 5 N–H and O–H groups in total. The first-order chi connectivity index (χ1) is 36.6. The van der Waals surface area contributed by atoms with Crippen molar-refractivity contribution in [1.29, 1.82) is 0 Å². The number of phenols is 1. The predicted octanol–water partition coefficient (Wildman–Crippen LogP) is 7.46. The van der Waals surface area contributed by atoms with Gasteiger partial charge in [-0.05, 0) is 65.9 Å². The molecule has 0 aliphatic carbocycles. The van der Waals surface area contributed by atoms with E-state index in [1.54, 1.807) is 42.6 Å². The first-order valence-corrected chi connectivity index (χ1v) is 26.7.